The lowest BCUT2D eigenvalue weighted by Gasteiger charge is -2.02. The molecule has 0 unspecified atom stereocenters. The third-order valence-corrected chi connectivity index (χ3v) is 5.82. The second-order valence-electron chi connectivity index (χ2n) is 5.43. The van der Waals surface area contributed by atoms with Crippen molar-refractivity contribution in [3.8, 4) is 10.4 Å². The molecule has 7 heteroatoms. The minimum absolute atomic E-state index is 0.0274. The van der Waals surface area contributed by atoms with Crippen molar-refractivity contribution >= 4 is 33.7 Å². The van der Waals surface area contributed by atoms with Gasteiger partial charge in [-0.15, -0.1) is 21.5 Å². The quantitative estimate of drug-likeness (QED) is 0.753. The minimum atomic E-state index is -0.155. The Balaban J connectivity index is 1.46. The number of amides is 1. The average Bonchev–Trinajstić information content (AvgIpc) is 3.36. The van der Waals surface area contributed by atoms with E-state index in [2.05, 4.69) is 15.5 Å². The molecule has 0 bridgehead atoms. The van der Waals surface area contributed by atoms with Crippen LogP contribution in [0, 0.1) is 0 Å². The molecule has 0 spiro atoms. The Bertz CT molecular complexity index is 838. The van der Waals surface area contributed by atoms with Crippen LogP contribution in [-0.2, 0) is 4.74 Å². The fourth-order valence-electron chi connectivity index (χ4n) is 2.56. The summed E-state index contributed by atoms with van der Waals surface area (Å²) >= 11 is 2.85. The van der Waals surface area contributed by atoms with E-state index in [-0.39, 0.29) is 12.0 Å². The van der Waals surface area contributed by atoms with Crippen molar-refractivity contribution in [2.24, 2.45) is 0 Å². The molecule has 1 amide bonds. The molecule has 1 N–H and O–H groups in total. The van der Waals surface area contributed by atoms with Crippen LogP contribution in [-0.4, -0.2) is 22.7 Å². The third-order valence-electron chi connectivity index (χ3n) is 3.75. The number of rotatable bonds is 4. The molecule has 1 aliphatic heterocycles. The number of hydrogen-bond donors (Lipinski definition) is 1. The summed E-state index contributed by atoms with van der Waals surface area (Å²) in [7, 11) is 0. The molecule has 122 valence electrons. The van der Waals surface area contributed by atoms with E-state index in [0.29, 0.717) is 10.0 Å². The van der Waals surface area contributed by atoms with Gasteiger partial charge in [-0.05, 0) is 30.5 Å². The predicted octanol–water partition coefficient (Wildman–Crippen LogP) is 4.37. The number of hydrogen-bond acceptors (Lipinski definition) is 6. The molecule has 1 atom stereocenters. The number of ether oxygens (including phenoxy) is 1. The maximum absolute atomic E-state index is 12.4. The third kappa shape index (κ3) is 3.24. The molecule has 0 radical (unpaired) electrons. The molecular weight excluding hydrogens is 342 g/mol. The number of anilines is 1. The molecule has 3 heterocycles. The Morgan fingerprint density at radius 1 is 1.12 bits per heavy atom. The van der Waals surface area contributed by atoms with Crippen molar-refractivity contribution in [1.29, 1.82) is 0 Å². The molecule has 1 aromatic carbocycles. The van der Waals surface area contributed by atoms with Crippen molar-refractivity contribution in [1.82, 2.24) is 10.2 Å². The number of thiophene rings is 1. The second-order valence-corrected chi connectivity index (χ2v) is 7.52. The van der Waals surface area contributed by atoms with Crippen molar-refractivity contribution in [2.75, 3.05) is 11.9 Å². The van der Waals surface area contributed by atoms with Crippen LogP contribution < -0.4 is 5.32 Å². The van der Waals surface area contributed by atoms with Gasteiger partial charge in [0.05, 0.1) is 4.88 Å². The Morgan fingerprint density at radius 2 is 2.00 bits per heavy atom. The molecular formula is C17H15N3O2S2. The molecule has 4 rings (SSSR count). The van der Waals surface area contributed by atoms with Gasteiger partial charge in [0.1, 0.15) is 11.1 Å². The van der Waals surface area contributed by atoms with Crippen LogP contribution in [0.4, 0.5) is 5.13 Å². The van der Waals surface area contributed by atoms with E-state index in [0.717, 1.165) is 34.9 Å². The highest BCUT2D eigenvalue weighted by Crippen LogP contribution is 2.32. The summed E-state index contributed by atoms with van der Waals surface area (Å²) in [5.74, 6) is -0.155. The monoisotopic (exact) mass is 357 g/mol. The van der Waals surface area contributed by atoms with Gasteiger partial charge < -0.3 is 4.74 Å². The van der Waals surface area contributed by atoms with Gasteiger partial charge in [-0.25, -0.2) is 0 Å². The van der Waals surface area contributed by atoms with E-state index in [1.54, 1.807) is 0 Å². The number of aromatic nitrogens is 2. The second kappa shape index (κ2) is 6.80. The molecule has 2 aromatic heterocycles. The van der Waals surface area contributed by atoms with Gasteiger partial charge in [-0.3, -0.25) is 10.1 Å². The fourth-order valence-corrected chi connectivity index (χ4v) is 4.29. The first-order chi connectivity index (χ1) is 11.8. The lowest BCUT2D eigenvalue weighted by Crippen LogP contribution is -2.09. The van der Waals surface area contributed by atoms with Crippen molar-refractivity contribution in [2.45, 2.75) is 18.9 Å². The molecule has 0 aliphatic carbocycles. The van der Waals surface area contributed by atoms with Crippen LogP contribution in [0.25, 0.3) is 10.4 Å². The average molecular weight is 357 g/mol. The molecule has 1 aliphatic rings. The van der Waals surface area contributed by atoms with E-state index >= 15 is 0 Å². The van der Waals surface area contributed by atoms with Gasteiger partial charge in [0.25, 0.3) is 5.91 Å². The summed E-state index contributed by atoms with van der Waals surface area (Å²) in [6.45, 7) is 0.767. The smallest absolute Gasteiger partial charge is 0.267 e. The van der Waals surface area contributed by atoms with Gasteiger partial charge in [-0.2, -0.15) is 0 Å². The molecule has 0 saturated carbocycles. The number of nitrogens with one attached hydrogen (secondary N) is 1. The van der Waals surface area contributed by atoms with Gasteiger partial charge in [0.15, 0.2) is 0 Å². The predicted molar refractivity (Wildman–Crippen MR) is 95.5 cm³/mol. The van der Waals surface area contributed by atoms with Crippen LogP contribution in [0.2, 0.25) is 0 Å². The lowest BCUT2D eigenvalue weighted by atomic mass is 10.2. The van der Waals surface area contributed by atoms with E-state index in [9.17, 15) is 4.79 Å². The summed E-state index contributed by atoms with van der Waals surface area (Å²) in [6, 6.07) is 13.8. The van der Waals surface area contributed by atoms with E-state index in [1.807, 2.05) is 42.5 Å². The standard InChI is InChI=1S/C17H15N3O2S2/c21-15(14-9-8-13(23-14)11-5-2-1-3-6-11)18-17-20-19-16(24-17)12-7-4-10-22-12/h1-3,5-6,8-9,12H,4,7,10H2,(H,18,20,21)/t12-/m1/s1. The summed E-state index contributed by atoms with van der Waals surface area (Å²) in [6.07, 6.45) is 2.04. The van der Waals surface area contributed by atoms with Gasteiger partial charge >= 0.3 is 0 Å². The van der Waals surface area contributed by atoms with Crippen LogP contribution in [0.3, 0.4) is 0 Å². The molecule has 24 heavy (non-hydrogen) atoms. The highest BCUT2D eigenvalue weighted by atomic mass is 32.1. The topological polar surface area (TPSA) is 64.1 Å². The largest absolute Gasteiger partial charge is 0.371 e. The number of benzene rings is 1. The maximum atomic E-state index is 12.4. The zero-order chi connectivity index (χ0) is 16.4. The Kier molecular flexibility index (Phi) is 4.38. The Hall–Kier alpha value is -2.09. The molecule has 1 fully saturated rings. The zero-order valence-electron chi connectivity index (χ0n) is 12.8. The fraction of sp³-hybridized carbons (Fsp3) is 0.235. The van der Waals surface area contributed by atoms with Gasteiger partial charge in [-0.1, -0.05) is 41.7 Å². The SMILES string of the molecule is O=C(Nc1nnc([C@H]2CCCO2)s1)c1ccc(-c2ccccc2)s1. The molecule has 5 nitrogen and oxygen atoms in total. The highest BCUT2D eigenvalue weighted by molar-refractivity contribution is 7.18. The van der Waals surface area contributed by atoms with Crippen LogP contribution in [0.15, 0.2) is 42.5 Å². The summed E-state index contributed by atoms with van der Waals surface area (Å²) in [4.78, 5) is 14.1. The Morgan fingerprint density at radius 3 is 2.79 bits per heavy atom. The van der Waals surface area contributed by atoms with E-state index in [1.165, 1.54) is 22.7 Å². The van der Waals surface area contributed by atoms with Gasteiger partial charge in [0.2, 0.25) is 5.13 Å². The molecule has 3 aromatic rings. The normalized spacial score (nSPS) is 17.1. The van der Waals surface area contributed by atoms with Crippen LogP contribution in [0.5, 0.6) is 0 Å². The zero-order valence-corrected chi connectivity index (χ0v) is 14.4. The number of carbonyl (C=O) groups excluding carboxylic acids is 1. The number of nitrogens with zero attached hydrogens (tertiary/aromatic N) is 2. The first-order valence-corrected chi connectivity index (χ1v) is 9.34. The van der Waals surface area contributed by atoms with Crippen molar-refractivity contribution in [3.63, 3.8) is 0 Å². The minimum Gasteiger partial charge on any atom is -0.371 e. The highest BCUT2D eigenvalue weighted by Gasteiger charge is 2.22. The first kappa shape index (κ1) is 15.4. The van der Waals surface area contributed by atoms with E-state index < -0.39 is 0 Å². The van der Waals surface area contributed by atoms with Gasteiger partial charge in [0, 0.05) is 11.5 Å². The maximum Gasteiger partial charge on any atom is 0.267 e. The summed E-state index contributed by atoms with van der Waals surface area (Å²) in [5.41, 5.74) is 1.11. The summed E-state index contributed by atoms with van der Waals surface area (Å²) < 4.78 is 5.59. The lowest BCUT2D eigenvalue weighted by molar-refractivity contribution is 0.103. The number of carbonyl (C=O) groups is 1. The van der Waals surface area contributed by atoms with Crippen molar-refractivity contribution in [3.05, 3.63) is 52.3 Å². The summed E-state index contributed by atoms with van der Waals surface area (Å²) in [5, 5.41) is 12.4. The van der Waals surface area contributed by atoms with Crippen molar-refractivity contribution < 1.29 is 9.53 Å². The first-order valence-electron chi connectivity index (χ1n) is 7.71. The van der Waals surface area contributed by atoms with Crippen LogP contribution in [0.1, 0.15) is 33.6 Å². The Labute approximate surface area is 147 Å². The van der Waals surface area contributed by atoms with Crippen LogP contribution >= 0.6 is 22.7 Å². The molecule has 1 saturated heterocycles. The van der Waals surface area contributed by atoms with E-state index in [4.69, 9.17) is 4.74 Å².